The highest BCUT2D eigenvalue weighted by atomic mass is 127. The number of alkyl halides is 1. The molecule has 0 bridgehead atoms. The van der Waals surface area contributed by atoms with Gasteiger partial charge in [-0.2, -0.15) is 0 Å². The molecular formula is C8H7Cl2IN2. The molecule has 0 aliphatic heterocycles. The first-order valence-corrected chi connectivity index (χ1v) is 5.99. The Morgan fingerprint density at radius 3 is 2.62 bits per heavy atom. The van der Waals surface area contributed by atoms with Crippen LogP contribution >= 0.6 is 45.8 Å². The van der Waals surface area contributed by atoms with Crippen LogP contribution < -0.4 is 0 Å². The Labute approximate surface area is 100 Å². The Hall–Kier alpha value is 0.390. The maximum absolute atomic E-state index is 5.95. The van der Waals surface area contributed by atoms with Gasteiger partial charge in [0.25, 0.3) is 0 Å². The average molecular weight is 329 g/mol. The quantitative estimate of drug-likeness (QED) is 0.472. The lowest BCUT2D eigenvalue weighted by Gasteiger charge is -2.04. The van der Waals surface area contributed by atoms with Gasteiger partial charge in [0.1, 0.15) is 11.0 Å². The zero-order valence-electron chi connectivity index (χ0n) is 6.73. The topological polar surface area (TPSA) is 25.8 Å². The smallest absolute Gasteiger partial charge is 0.146 e. The maximum atomic E-state index is 5.95. The van der Waals surface area contributed by atoms with E-state index >= 15 is 0 Å². The van der Waals surface area contributed by atoms with E-state index in [-0.39, 0.29) is 0 Å². The second kappa shape index (κ2) is 3.87. The Morgan fingerprint density at radius 1 is 1.38 bits per heavy atom. The van der Waals surface area contributed by atoms with Crippen LogP contribution in [0.3, 0.4) is 0 Å². The molecule has 5 heteroatoms. The standard InChI is InChI=1S/C8H7Cl2IN2/c9-3-5-12-7(4-1-2-4)6(11)8(10)13-5/h4H,1-3H2. The molecule has 1 aromatic rings. The highest BCUT2D eigenvalue weighted by Crippen LogP contribution is 2.42. The van der Waals surface area contributed by atoms with Crippen LogP contribution in [0, 0.1) is 3.57 Å². The largest absolute Gasteiger partial charge is 0.235 e. The minimum atomic E-state index is 0.330. The van der Waals surface area contributed by atoms with Crippen LogP contribution in [0.4, 0.5) is 0 Å². The van der Waals surface area contributed by atoms with Crippen molar-refractivity contribution in [2.75, 3.05) is 0 Å². The fourth-order valence-corrected chi connectivity index (χ4v) is 2.16. The molecule has 0 amide bonds. The van der Waals surface area contributed by atoms with Crippen LogP contribution in [-0.2, 0) is 5.88 Å². The summed E-state index contributed by atoms with van der Waals surface area (Å²) < 4.78 is 0.982. The summed E-state index contributed by atoms with van der Waals surface area (Å²) in [6.45, 7) is 0. The zero-order valence-corrected chi connectivity index (χ0v) is 10.4. The Morgan fingerprint density at radius 2 is 2.08 bits per heavy atom. The highest BCUT2D eigenvalue weighted by Gasteiger charge is 2.28. The van der Waals surface area contributed by atoms with Crippen molar-refractivity contribution >= 4 is 45.8 Å². The summed E-state index contributed by atoms with van der Waals surface area (Å²) in [4.78, 5) is 8.46. The van der Waals surface area contributed by atoms with E-state index in [4.69, 9.17) is 23.2 Å². The summed E-state index contributed by atoms with van der Waals surface area (Å²) in [6.07, 6.45) is 2.43. The van der Waals surface area contributed by atoms with Crippen molar-refractivity contribution in [1.29, 1.82) is 0 Å². The SMILES string of the molecule is ClCc1nc(Cl)c(I)c(C2CC2)n1. The van der Waals surface area contributed by atoms with Crippen molar-refractivity contribution in [2.24, 2.45) is 0 Å². The predicted molar refractivity (Wildman–Crippen MR) is 61.3 cm³/mol. The first-order chi connectivity index (χ1) is 6.22. The van der Waals surface area contributed by atoms with E-state index in [9.17, 15) is 0 Å². The molecule has 0 N–H and O–H groups in total. The lowest BCUT2D eigenvalue weighted by molar-refractivity contribution is 0.916. The first kappa shape index (κ1) is 9.93. The third-order valence-corrected chi connectivity index (χ3v) is 3.86. The fourth-order valence-electron chi connectivity index (χ4n) is 1.17. The molecule has 0 aromatic carbocycles. The second-order valence-corrected chi connectivity index (χ2v) is 4.74. The average Bonchev–Trinajstić information content (AvgIpc) is 2.92. The van der Waals surface area contributed by atoms with E-state index < -0.39 is 0 Å². The third-order valence-electron chi connectivity index (χ3n) is 1.97. The van der Waals surface area contributed by atoms with E-state index in [1.807, 2.05) is 0 Å². The lowest BCUT2D eigenvalue weighted by atomic mass is 10.3. The molecule has 2 nitrogen and oxygen atoms in total. The van der Waals surface area contributed by atoms with Gasteiger partial charge >= 0.3 is 0 Å². The number of rotatable bonds is 2. The molecule has 13 heavy (non-hydrogen) atoms. The minimum absolute atomic E-state index is 0.330. The van der Waals surface area contributed by atoms with Gasteiger partial charge in [-0.3, -0.25) is 0 Å². The molecule has 0 spiro atoms. The van der Waals surface area contributed by atoms with E-state index in [1.54, 1.807) is 0 Å². The normalized spacial score (nSPS) is 16.2. The van der Waals surface area contributed by atoms with Gasteiger partial charge in [-0.1, -0.05) is 11.6 Å². The second-order valence-electron chi connectivity index (χ2n) is 3.04. The minimum Gasteiger partial charge on any atom is -0.235 e. The summed E-state index contributed by atoms with van der Waals surface area (Å²) in [6, 6.07) is 0. The Bertz CT molecular complexity index is 339. The molecule has 0 unspecified atom stereocenters. The number of hydrogen-bond acceptors (Lipinski definition) is 2. The fraction of sp³-hybridized carbons (Fsp3) is 0.500. The van der Waals surface area contributed by atoms with E-state index in [0.29, 0.717) is 22.8 Å². The van der Waals surface area contributed by atoms with Gasteiger partial charge in [-0.25, -0.2) is 9.97 Å². The Kier molecular flexibility index (Phi) is 2.95. The van der Waals surface area contributed by atoms with Gasteiger partial charge in [0, 0.05) is 5.92 Å². The number of halogens is 3. The summed E-state index contributed by atoms with van der Waals surface area (Å²) in [5.41, 5.74) is 1.08. The van der Waals surface area contributed by atoms with Gasteiger partial charge in [0.2, 0.25) is 0 Å². The van der Waals surface area contributed by atoms with Crippen molar-refractivity contribution in [3.8, 4) is 0 Å². The summed E-state index contributed by atoms with van der Waals surface area (Å²) in [7, 11) is 0. The number of nitrogens with zero attached hydrogens (tertiary/aromatic N) is 2. The molecule has 1 aromatic heterocycles. The molecule has 1 heterocycles. The third kappa shape index (κ3) is 2.07. The molecule has 1 aliphatic carbocycles. The molecular weight excluding hydrogens is 322 g/mol. The zero-order chi connectivity index (χ0) is 9.42. The van der Waals surface area contributed by atoms with Crippen LogP contribution in [0.5, 0.6) is 0 Å². The molecule has 0 radical (unpaired) electrons. The van der Waals surface area contributed by atoms with Crippen LogP contribution in [0.1, 0.15) is 30.3 Å². The lowest BCUT2D eigenvalue weighted by Crippen LogP contribution is -2.00. The molecule has 1 fully saturated rings. The van der Waals surface area contributed by atoms with Gasteiger partial charge in [0.15, 0.2) is 0 Å². The molecule has 2 rings (SSSR count). The van der Waals surface area contributed by atoms with Crippen molar-refractivity contribution in [3.05, 3.63) is 20.2 Å². The van der Waals surface area contributed by atoms with E-state index in [0.717, 1.165) is 9.26 Å². The van der Waals surface area contributed by atoms with Gasteiger partial charge in [0.05, 0.1) is 15.1 Å². The molecule has 1 saturated carbocycles. The highest BCUT2D eigenvalue weighted by molar-refractivity contribution is 14.1. The van der Waals surface area contributed by atoms with Crippen molar-refractivity contribution in [3.63, 3.8) is 0 Å². The van der Waals surface area contributed by atoms with Crippen LogP contribution in [-0.4, -0.2) is 9.97 Å². The number of hydrogen-bond donors (Lipinski definition) is 0. The first-order valence-electron chi connectivity index (χ1n) is 4.00. The molecule has 0 atom stereocenters. The van der Waals surface area contributed by atoms with Crippen LogP contribution in [0.2, 0.25) is 5.15 Å². The van der Waals surface area contributed by atoms with Crippen LogP contribution in [0.15, 0.2) is 0 Å². The van der Waals surface area contributed by atoms with Gasteiger partial charge in [-0.15, -0.1) is 11.6 Å². The maximum Gasteiger partial charge on any atom is 0.146 e. The van der Waals surface area contributed by atoms with E-state index in [2.05, 4.69) is 32.6 Å². The van der Waals surface area contributed by atoms with E-state index in [1.165, 1.54) is 12.8 Å². The van der Waals surface area contributed by atoms with Gasteiger partial charge in [-0.05, 0) is 35.4 Å². The Balaban J connectivity index is 2.46. The summed E-state index contributed by atoms with van der Waals surface area (Å²) in [5.74, 6) is 1.56. The van der Waals surface area contributed by atoms with Gasteiger partial charge < -0.3 is 0 Å². The van der Waals surface area contributed by atoms with Crippen molar-refractivity contribution in [1.82, 2.24) is 9.97 Å². The number of aromatic nitrogens is 2. The van der Waals surface area contributed by atoms with Crippen molar-refractivity contribution in [2.45, 2.75) is 24.6 Å². The summed E-state index contributed by atoms with van der Waals surface area (Å²) in [5, 5.41) is 0.535. The molecule has 1 aliphatic rings. The molecule has 0 saturated heterocycles. The van der Waals surface area contributed by atoms with Crippen LogP contribution in [0.25, 0.3) is 0 Å². The van der Waals surface area contributed by atoms with Crippen molar-refractivity contribution < 1.29 is 0 Å². The molecule has 70 valence electrons. The summed E-state index contributed by atoms with van der Waals surface area (Å²) >= 11 is 13.8. The monoisotopic (exact) mass is 328 g/mol. The predicted octanol–water partition coefficient (Wildman–Crippen LogP) is 3.35.